The molecular formula is C17H24N4. The Morgan fingerprint density at radius 1 is 1.05 bits per heavy atom. The van der Waals surface area contributed by atoms with Crippen molar-refractivity contribution in [3.63, 3.8) is 0 Å². The maximum Gasteiger partial charge on any atom is 0.139 e. The van der Waals surface area contributed by atoms with Crippen molar-refractivity contribution in [3.8, 4) is 0 Å². The van der Waals surface area contributed by atoms with E-state index in [1.165, 1.54) is 5.56 Å². The Morgan fingerprint density at radius 3 is 2.33 bits per heavy atom. The van der Waals surface area contributed by atoms with Gasteiger partial charge in [0.05, 0.1) is 0 Å². The van der Waals surface area contributed by atoms with Gasteiger partial charge in [-0.1, -0.05) is 45.9 Å². The summed E-state index contributed by atoms with van der Waals surface area (Å²) in [5.41, 5.74) is 3.55. The molecule has 1 aromatic heterocycles. The number of aromatic nitrogens is 2. The Hall–Kier alpha value is -2.10. The fourth-order valence-corrected chi connectivity index (χ4v) is 2.44. The topological polar surface area (TPSA) is 49.8 Å². The van der Waals surface area contributed by atoms with Gasteiger partial charge in [-0.3, -0.25) is 0 Å². The van der Waals surface area contributed by atoms with Crippen molar-refractivity contribution >= 4 is 17.3 Å². The molecule has 0 aliphatic rings. The fourth-order valence-electron chi connectivity index (χ4n) is 2.44. The third-order valence-corrected chi connectivity index (χ3v) is 3.52. The van der Waals surface area contributed by atoms with Crippen LogP contribution < -0.4 is 10.6 Å². The second kappa shape index (κ2) is 6.12. The van der Waals surface area contributed by atoms with Crippen molar-refractivity contribution in [3.05, 3.63) is 41.7 Å². The summed E-state index contributed by atoms with van der Waals surface area (Å²) < 4.78 is 0. The molecule has 1 aromatic carbocycles. The third kappa shape index (κ3) is 3.32. The van der Waals surface area contributed by atoms with Crippen LogP contribution in [0.15, 0.2) is 30.6 Å². The van der Waals surface area contributed by atoms with Gasteiger partial charge >= 0.3 is 0 Å². The number of nitrogens with zero attached hydrogens (tertiary/aromatic N) is 2. The van der Waals surface area contributed by atoms with Crippen LogP contribution in [-0.4, -0.2) is 17.0 Å². The molecule has 2 rings (SSSR count). The van der Waals surface area contributed by atoms with Crippen LogP contribution in [0.1, 0.15) is 38.8 Å². The molecule has 0 atom stereocenters. The number of para-hydroxylation sites is 1. The van der Waals surface area contributed by atoms with E-state index in [9.17, 15) is 0 Å². The minimum Gasteiger partial charge on any atom is -0.373 e. The summed E-state index contributed by atoms with van der Waals surface area (Å²) in [4.78, 5) is 8.69. The summed E-state index contributed by atoms with van der Waals surface area (Å²) >= 11 is 0. The maximum absolute atomic E-state index is 4.41. The molecule has 0 unspecified atom stereocenters. The molecule has 0 amide bonds. The Morgan fingerprint density at radius 2 is 1.71 bits per heavy atom. The molecule has 0 radical (unpaired) electrons. The van der Waals surface area contributed by atoms with Gasteiger partial charge in [-0.2, -0.15) is 0 Å². The lowest BCUT2D eigenvalue weighted by atomic mass is 9.86. The Bertz CT molecular complexity index is 614. The van der Waals surface area contributed by atoms with Crippen LogP contribution in [0.5, 0.6) is 0 Å². The first kappa shape index (κ1) is 15.3. The predicted molar refractivity (Wildman–Crippen MR) is 89.4 cm³/mol. The largest absolute Gasteiger partial charge is 0.373 e. The molecule has 0 saturated carbocycles. The molecule has 21 heavy (non-hydrogen) atoms. The molecule has 0 spiro atoms. The molecule has 1 heterocycles. The van der Waals surface area contributed by atoms with E-state index >= 15 is 0 Å². The van der Waals surface area contributed by atoms with E-state index in [1.807, 2.05) is 13.1 Å². The number of anilines is 3. The lowest BCUT2D eigenvalue weighted by molar-refractivity contribution is 0.592. The molecule has 4 nitrogen and oxygen atoms in total. The Kier molecular flexibility index (Phi) is 4.46. The average molecular weight is 284 g/mol. The SMILES string of the molecule is CCc1c(NC)ncnc1Nc1ccccc1C(C)(C)C. The highest BCUT2D eigenvalue weighted by molar-refractivity contribution is 5.67. The second-order valence-electron chi connectivity index (χ2n) is 6.07. The van der Waals surface area contributed by atoms with Crippen LogP contribution in [0, 0.1) is 0 Å². The lowest BCUT2D eigenvalue weighted by Gasteiger charge is -2.24. The first-order valence-corrected chi connectivity index (χ1v) is 7.35. The zero-order valence-corrected chi connectivity index (χ0v) is 13.5. The van der Waals surface area contributed by atoms with E-state index in [2.05, 4.69) is 66.5 Å². The minimum absolute atomic E-state index is 0.0782. The predicted octanol–water partition coefficient (Wildman–Crippen LogP) is 4.12. The number of benzene rings is 1. The van der Waals surface area contributed by atoms with Gasteiger partial charge in [0.15, 0.2) is 0 Å². The molecule has 0 aliphatic heterocycles. The van der Waals surface area contributed by atoms with Crippen LogP contribution in [0.3, 0.4) is 0 Å². The quantitative estimate of drug-likeness (QED) is 0.886. The van der Waals surface area contributed by atoms with Gasteiger partial charge in [0.25, 0.3) is 0 Å². The van der Waals surface area contributed by atoms with Gasteiger partial charge in [-0.15, -0.1) is 0 Å². The van der Waals surface area contributed by atoms with E-state index in [1.54, 1.807) is 6.33 Å². The van der Waals surface area contributed by atoms with Crippen molar-refractivity contribution in [2.24, 2.45) is 0 Å². The van der Waals surface area contributed by atoms with Crippen molar-refractivity contribution in [2.75, 3.05) is 17.7 Å². The summed E-state index contributed by atoms with van der Waals surface area (Å²) in [6, 6.07) is 8.38. The number of hydrogen-bond acceptors (Lipinski definition) is 4. The van der Waals surface area contributed by atoms with Crippen LogP contribution in [-0.2, 0) is 11.8 Å². The molecule has 0 fully saturated rings. The van der Waals surface area contributed by atoms with Crippen LogP contribution in [0.25, 0.3) is 0 Å². The van der Waals surface area contributed by atoms with Gasteiger partial charge in [0.1, 0.15) is 18.0 Å². The molecule has 0 bridgehead atoms. The highest BCUT2D eigenvalue weighted by Gasteiger charge is 2.18. The number of nitrogens with one attached hydrogen (secondary N) is 2. The van der Waals surface area contributed by atoms with Gasteiger partial charge < -0.3 is 10.6 Å². The van der Waals surface area contributed by atoms with Crippen molar-refractivity contribution < 1.29 is 0 Å². The average Bonchev–Trinajstić information content (AvgIpc) is 2.46. The second-order valence-corrected chi connectivity index (χ2v) is 6.07. The van der Waals surface area contributed by atoms with Crippen molar-refractivity contribution in [1.82, 2.24) is 9.97 Å². The summed E-state index contributed by atoms with van der Waals surface area (Å²) in [5, 5.41) is 6.61. The summed E-state index contributed by atoms with van der Waals surface area (Å²) in [6.45, 7) is 8.76. The standard InChI is InChI=1S/C17H24N4/c1-6-12-15(18-5)19-11-20-16(12)21-14-10-8-7-9-13(14)17(2,3)4/h7-11H,6H2,1-5H3,(H2,18,19,20,21). The summed E-state index contributed by atoms with van der Waals surface area (Å²) in [7, 11) is 1.88. The summed E-state index contributed by atoms with van der Waals surface area (Å²) in [5.74, 6) is 1.75. The first-order valence-electron chi connectivity index (χ1n) is 7.35. The van der Waals surface area contributed by atoms with E-state index in [4.69, 9.17) is 0 Å². The molecule has 4 heteroatoms. The number of hydrogen-bond donors (Lipinski definition) is 2. The molecule has 2 aromatic rings. The minimum atomic E-state index is 0.0782. The van der Waals surface area contributed by atoms with Crippen molar-refractivity contribution in [1.29, 1.82) is 0 Å². The van der Waals surface area contributed by atoms with Crippen LogP contribution in [0.2, 0.25) is 0 Å². The van der Waals surface area contributed by atoms with Crippen LogP contribution in [0.4, 0.5) is 17.3 Å². The third-order valence-electron chi connectivity index (χ3n) is 3.52. The highest BCUT2D eigenvalue weighted by atomic mass is 15.1. The van der Waals surface area contributed by atoms with E-state index in [-0.39, 0.29) is 5.41 Å². The highest BCUT2D eigenvalue weighted by Crippen LogP contribution is 2.32. The lowest BCUT2D eigenvalue weighted by Crippen LogP contribution is -2.14. The summed E-state index contributed by atoms with van der Waals surface area (Å²) in [6.07, 6.45) is 2.46. The number of rotatable bonds is 4. The molecular weight excluding hydrogens is 260 g/mol. The van der Waals surface area contributed by atoms with Gasteiger partial charge in [0, 0.05) is 18.3 Å². The van der Waals surface area contributed by atoms with E-state index in [0.717, 1.165) is 29.3 Å². The van der Waals surface area contributed by atoms with E-state index < -0.39 is 0 Å². The maximum atomic E-state index is 4.41. The molecule has 112 valence electrons. The van der Waals surface area contributed by atoms with Gasteiger partial charge in [-0.05, 0) is 23.5 Å². The normalized spacial score (nSPS) is 11.3. The van der Waals surface area contributed by atoms with Crippen molar-refractivity contribution in [2.45, 2.75) is 39.5 Å². The first-order chi connectivity index (χ1) is 9.97. The Balaban J connectivity index is 2.44. The van der Waals surface area contributed by atoms with Gasteiger partial charge in [0.2, 0.25) is 0 Å². The van der Waals surface area contributed by atoms with Crippen LogP contribution >= 0.6 is 0 Å². The molecule has 2 N–H and O–H groups in total. The monoisotopic (exact) mass is 284 g/mol. The zero-order valence-electron chi connectivity index (χ0n) is 13.5. The fraction of sp³-hybridized carbons (Fsp3) is 0.412. The smallest absolute Gasteiger partial charge is 0.139 e. The van der Waals surface area contributed by atoms with E-state index in [0.29, 0.717) is 0 Å². The zero-order chi connectivity index (χ0) is 15.5. The molecule has 0 saturated heterocycles. The molecule has 0 aliphatic carbocycles. The Labute approximate surface area is 127 Å². The van der Waals surface area contributed by atoms with Gasteiger partial charge in [-0.25, -0.2) is 9.97 Å².